The van der Waals surface area contributed by atoms with E-state index in [-0.39, 0.29) is 0 Å². The van der Waals surface area contributed by atoms with Gasteiger partial charge in [-0.3, -0.25) is 5.43 Å². The van der Waals surface area contributed by atoms with Crippen LogP contribution in [0.25, 0.3) is 10.8 Å². The fraction of sp³-hybridized carbons (Fsp3) is 0.150. The number of hydrazone groups is 1. The molecule has 3 rings (SSSR count). The summed E-state index contributed by atoms with van der Waals surface area (Å²) in [6.07, 6.45) is 0. The van der Waals surface area contributed by atoms with Gasteiger partial charge in [-0.2, -0.15) is 5.10 Å². The van der Waals surface area contributed by atoms with Crippen molar-refractivity contribution in [3.05, 3.63) is 77.4 Å². The van der Waals surface area contributed by atoms with Crippen molar-refractivity contribution >= 4 is 22.2 Å². The highest BCUT2D eigenvalue weighted by Gasteiger charge is 2.02. The van der Waals surface area contributed by atoms with Crippen molar-refractivity contribution in [1.29, 1.82) is 0 Å². The van der Waals surface area contributed by atoms with E-state index in [1.54, 1.807) is 0 Å². The highest BCUT2D eigenvalue weighted by molar-refractivity contribution is 6.02. The Morgan fingerprint density at radius 1 is 0.864 bits per heavy atom. The molecule has 22 heavy (non-hydrogen) atoms. The van der Waals surface area contributed by atoms with Crippen LogP contribution in [0.1, 0.15) is 23.6 Å². The van der Waals surface area contributed by atoms with Gasteiger partial charge in [0.25, 0.3) is 0 Å². The molecule has 0 aliphatic rings. The van der Waals surface area contributed by atoms with E-state index >= 15 is 0 Å². The molecule has 3 aromatic rings. The van der Waals surface area contributed by atoms with Crippen molar-refractivity contribution in [1.82, 2.24) is 0 Å². The fourth-order valence-electron chi connectivity index (χ4n) is 2.50. The van der Waals surface area contributed by atoms with Crippen molar-refractivity contribution in [3.8, 4) is 0 Å². The molecule has 0 spiro atoms. The Morgan fingerprint density at radius 2 is 1.64 bits per heavy atom. The molecule has 0 aliphatic heterocycles. The quantitative estimate of drug-likeness (QED) is 0.514. The molecule has 3 aromatic carbocycles. The molecule has 0 atom stereocenters. The minimum atomic E-state index is 0.978. The van der Waals surface area contributed by atoms with E-state index in [1.807, 2.05) is 13.0 Å². The van der Waals surface area contributed by atoms with Gasteiger partial charge >= 0.3 is 0 Å². The third-order valence-electron chi connectivity index (χ3n) is 4.12. The molecule has 2 heteroatoms. The number of hydrogen-bond donors (Lipinski definition) is 1. The topological polar surface area (TPSA) is 24.4 Å². The first-order valence-electron chi connectivity index (χ1n) is 7.51. The monoisotopic (exact) mass is 288 g/mol. The van der Waals surface area contributed by atoms with Gasteiger partial charge in [0, 0.05) is 0 Å². The van der Waals surface area contributed by atoms with Crippen molar-refractivity contribution in [2.75, 3.05) is 5.43 Å². The van der Waals surface area contributed by atoms with Crippen LogP contribution in [0.4, 0.5) is 5.69 Å². The number of anilines is 1. The van der Waals surface area contributed by atoms with Crippen LogP contribution in [0.15, 0.2) is 65.8 Å². The Kier molecular flexibility index (Phi) is 3.92. The number of hydrogen-bond acceptors (Lipinski definition) is 2. The lowest BCUT2D eigenvalue weighted by molar-refractivity contribution is 1.26. The molecule has 2 nitrogen and oxygen atoms in total. The Hall–Kier alpha value is -2.61. The van der Waals surface area contributed by atoms with Gasteiger partial charge in [0.15, 0.2) is 0 Å². The molecule has 0 aromatic heterocycles. The highest BCUT2D eigenvalue weighted by Crippen LogP contribution is 2.19. The van der Waals surface area contributed by atoms with Gasteiger partial charge in [-0.1, -0.05) is 48.5 Å². The number of fused-ring (bicyclic) bond motifs is 1. The lowest BCUT2D eigenvalue weighted by atomic mass is 10.0. The SMILES string of the molecule is C/C(=N/Nc1cccc(C)c1C)c1ccc2ccccc2c1. The molecule has 1 N–H and O–H groups in total. The lowest BCUT2D eigenvalue weighted by Gasteiger charge is -2.09. The van der Waals surface area contributed by atoms with E-state index in [2.05, 4.69) is 79.0 Å². The van der Waals surface area contributed by atoms with Gasteiger partial charge in [0.05, 0.1) is 11.4 Å². The summed E-state index contributed by atoms with van der Waals surface area (Å²) in [5.41, 5.74) is 8.86. The zero-order valence-corrected chi connectivity index (χ0v) is 13.2. The normalized spacial score (nSPS) is 11.7. The standard InChI is InChI=1S/C20H20N2/c1-14-7-6-10-20(15(14)2)22-21-16(3)18-12-11-17-8-4-5-9-19(17)13-18/h4-13,22H,1-3H3/b21-16-. The summed E-state index contributed by atoms with van der Waals surface area (Å²) in [6, 6.07) is 21.0. The number of nitrogens with zero attached hydrogens (tertiary/aromatic N) is 1. The molecule has 110 valence electrons. The summed E-state index contributed by atoms with van der Waals surface area (Å²) in [5, 5.41) is 7.03. The number of rotatable bonds is 3. The Bertz CT molecular complexity index is 847. The molecule has 0 saturated heterocycles. The largest absolute Gasteiger partial charge is 0.278 e. The van der Waals surface area contributed by atoms with Gasteiger partial charge in [-0.15, -0.1) is 0 Å². The van der Waals surface area contributed by atoms with Crippen molar-refractivity contribution in [3.63, 3.8) is 0 Å². The van der Waals surface area contributed by atoms with Crippen LogP contribution in [0.2, 0.25) is 0 Å². The lowest BCUT2D eigenvalue weighted by Crippen LogP contribution is -2.01. The number of benzene rings is 3. The molecular weight excluding hydrogens is 268 g/mol. The predicted octanol–water partition coefficient (Wildman–Crippen LogP) is 5.29. The van der Waals surface area contributed by atoms with E-state index in [4.69, 9.17) is 0 Å². The molecule has 0 heterocycles. The van der Waals surface area contributed by atoms with Crippen LogP contribution in [0.3, 0.4) is 0 Å². The molecule has 0 bridgehead atoms. The van der Waals surface area contributed by atoms with Gasteiger partial charge in [-0.25, -0.2) is 0 Å². The van der Waals surface area contributed by atoms with E-state index in [9.17, 15) is 0 Å². The van der Waals surface area contributed by atoms with Crippen LogP contribution >= 0.6 is 0 Å². The Labute approximate surface area is 131 Å². The van der Waals surface area contributed by atoms with Gasteiger partial charge in [-0.05, 0) is 60.4 Å². The molecule has 0 amide bonds. The third-order valence-corrected chi connectivity index (χ3v) is 4.12. The first kappa shape index (κ1) is 14.3. The maximum absolute atomic E-state index is 4.54. The number of aryl methyl sites for hydroxylation is 1. The summed E-state index contributed by atoms with van der Waals surface area (Å²) < 4.78 is 0. The van der Waals surface area contributed by atoms with Gasteiger partial charge in [0.1, 0.15) is 0 Å². The third kappa shape index (κ3) is 2.86. The maximum Gasteiger partial charge on any atom is 0.0648 e. The van der Waals surface area contributed by atoms with Gasteiger partial charge in [0.2, 0.25) is 0 Å². The van der Waals surface area contributed by atoms with E-state index in [0.717, 1.165) is 17.0 Å². The first-order valence-corrected chi connectivity index (χ1v) is 7.51. The Balaban J connectivity index is 1.88. The smallest absolute Gasteiger partial charge is 0.0648 e. The van der Waals surface area contributed by atoms with Crippen LogP contribution in [0.5, 0.6) is 0 Å². The molecule has 0 unspecified atom stereocenters. The minimum absolute atomic E-state index is 0.978. The average Bonchev–Trinajstić information content (AvgIpc) is 2.55. The number of nitrogens with one attached hydrogen (secondary N) is 1. The van der Waals surface area contributed by atoms with Crippen LogP contribution in [0, 0.1) is 13.8 Å². The maximum atomic E-state index is 4.54. The van der Waals surface area contributed by atoms with Crippen LogP contribution in [-0.2, 0) is 0 Å². The van der Waals surface area contributed by atoms with E-state index in [0.29, 0.717) is 0 Å². The zero-order valence-electron chi connectivity index (χ0n) is 13.2. The van der Waals surface area contributed by atoms with Crippen LogP contribution in [-0.4, -0.2) is 5.71 Å². The van der Waals surface area contributed by atoms with Crippen molar-refractivity contribution in [2.45, 2.75) is 20.8 Å². The highest BCUT2D eigenvalue weighted by atomic mass is 15.3. The van der Waals surface area contributed by atoms with Crippen molar-refractivity contribution < 1.29 is 0 Å². The first-order chi connectivity index (χ1) is 10.6. The Morgan fingerprint density at radius 3 is 2.45 bits per heavy atom. The summed E-state index contributed by atoms with van der Waals surface area (Å²) in [6.45, 7) is 6.25. The zero-order chi connectivity index (χ0) is 15.5. The average molecular weight is 288 g/mol. The molecular formula is C20H20N2. The second kappa shape index (κ2) is 6.02. The fourth-order valence-corrected chi connectivity index (χ4v) is 2.50. The minimum Gasteiger partial charge on any atom is -0.278 e. The second-order valence-corrected chi connectivity index (χ2v) is 5.62. The summed E-state index contributed by atoms with van der Waals surface area (Å²) >= 11 is 0. The summed E-state index contributed by atoms with van der Waals surface area (Å²) in [4.78, 5) is 0. The molecule has 0 aliphatic carbocycles. The molecule has 0 saturated carbocycles. The van der Waals surface area contributed by atoms with Gasteiger partial charge < -0.3 is 0 Å². The summed E-state index contributed by atoms with van der Waals surface area (Å²) in [5.74, 6) is 0. The molecule has 0 fully saturated rings. The second-order valence-electron chi connectivity index (χ2n) is 5.62. The van der Waals surface area contributed by atoms with Crippen LogP contribution < -0.4 is 5.43 Å². The molecule has 0 radical (unpaired) electrons. The van der Waals surface area contributed by atoms with Crippen molar-refractivity contribution in [2.24, 2.45) is 5.10 Å². The summed E-state index contributed by atoms with van der Waals surface area (Å²) in [7, 11) is 0. The van der Waals surface area contributed by atoms with E-state index in [1.165, 1.54) is 21.9 Å². The predicted molar refractivity (Wildman–Crippen MR) is 95.7 cm³/mol. The van der Waals surface area contributed by atoms with E-state index < -0.39 is 0 Å².